The van der Waals surface area contributed by atoms with E-state index in [1.54, 1.807) is 12.4 Å². The molecule has 1 aromatic carbocycles. The van der Waals surface area contributed by atoms with E-state index < -0.39 is 0 Å². The van der Waals surface area contributed by atoms with Crippen molar-refractivity contribution in [1.29, 1.82) is 0 Å². The minimum absolute atomic E-state index is 0.280. The van der Waals surface area contributed by atoms with Gasteiger partial charge in [0.15, 0.2) is 11.5 Å². The first-order valence-corrected chi connectivity index (χ1v) is 6.26. The molecule has 1 aliphatic heterocycles. The maximum Gasteiger partial charge on any atom is 0.231 e. The van der Waals surface area contributed by atoms with Crippen molar-refractivity contribution in [2.75, 3.05) is 6.79 Å². The summed E-state index contributed by atoms with van der Waals surface area (Å²) < 4.78 is 10.7. The number of ether oxygens (including phenoxy) is 2. The van der Waals surface area contributed by atoms with Gasteiger partial charge in [-0.15, -0.1) is 0 Å². The smallest absolute Gasteiger partial charge is 0.231 e. The van der Waals surface area contributed by atoms with Gasteiger partial charge >= 0.3 is 0 Å². The zero-order valence-corrected chi connectivity index (χ0v) is 10.5. The van der Waals surface area contributed by atoms with Crippen LogP contribution >= 0.6 is 0 Å². The van der Waals surface area contributed by atoms with Crippen LogP contribution in [0.5, 0.6) is 11.5 Å². The highest BCUT2D eigenvalue weighted by Crippen LogP contribution is 2.35. The lowest BCUT2D eigenvalue weighted by atomic mass is 10.1. The van der Waals surface area contributed by atoms with Crippen molar-refractivity contribution >= 4 is 0 Å². The number of pyridine rings is 1. The van der Waals surface area contributed by atoms with Crippen molar-refractivity contribution in [1.82, 2.24) is 15.2 Å². The third kappa shape index (κ3) is 1.80. The summed E-state index contributed by atoms with van der Waals surface area (Å²) in [6.07, 6.45) is 3.54. The Morgan fingerprint density at radius 3 is 2.85 bits per heavy atom. The highest BCUT2D eigenvalue weighted by molar-refractivity contribution is 5.69. The normalized spacial score (nSPS) is 12.6. The van der Waals surface area contributed by atoms with Gasteiger partial charge < -0.3 is 9.47 Å². The number of benzene rings is 1. The van der Waals surface area contributed by atoms with Crippen molar-refractivity contribution in [2.45, 2.75) is 0 Å². The molecule has 1 aliphatic rings. The minimum atomic E-state index is 0.280. The Balaban J connectivity index is 1.72. The van der Waals surface area contributed by atoms with Crippen LogP contribution in [0.4, 0.5) is 0 Å². The molecule has 3 heterocycles. The average Bonchev–Trinajstić information content (AvgIpc) is 3.16. The summed E-state index contributed by atoms with van der Waals surface area (Å²) >= 11 is 0. The summed E-state index contributed by atoms with van der Waals surface area (Å²) in [5.74, 6) is 1.54. The van der Waals surface area contributed by atoms with Crippen LogP contribution in [0.1, 0.15) is 0 Å². The second-order valence-corrected chi connectivity index (χ2v) is 4.48. The number of hydrogen-bond acceptors (Lipinski definition) is 4. The van der Waals surface area contributed by atoms with Gasteiger partial charge in [0.05, 0.1) is 11.4 Å². The molecule has 4 rings (SSSR count). The van der Waals surface area contributed by atoms with E-state index in [0.29, 0.717) is 0 Å². The molecule has 3 aromatic rings. The molecular formula is C15H11N3O2. The Hall–Kier alpha value is -2.82. The largest absolute Gasteiger partial charge is 0.454 e. The zero-order valence-electron chi connectivity index (χ0n) is 10.5. The second kappa shape index (κ2) is 4.38. The number of aromatic nitrogens is 3. The van der Waals surface area contributed by atoms with E-state index in [2.05, 4.69) is 15.2 Å². The summed E-state index contributed by atoms with van der Waals surface area (Å²) in [4.78, 5) is 4.10. The number of nitrogens with one attached hydrogen (secondary N) is 1. The molecule has 0 saturated heterocycles. The van der Waals surface area contributed by atoms with Crippen LogP contribution in [0, 0.1) is 0 Å². The summed E-state index contributed by atoms with van der Waals surface area (Å²) in [5.41, 5.74) is 3.79. The van der Waals surface area contributed by atoms with Gasteiger partial charge in [-0.2, -0.15) is 5.10 Å². The quantitative estimate of drug-likeness (QED) is 0.774. The maximum absolute atomic E-state index is 5.39. The van der Waals surface area contributed by atoms with E-state index in [0.717, 1.165) is 34.0 Å². The minimum Gasteiger partial charge on any atom is -0.454 e. The molecular weight excluding hydrogens is 254 g/mol. The molecule has 5 nitrogen and oxygen atoms in total. The summed E-state index contributed by atoms with van der Waals surface area (Å²) in [5, 5.41) is 7.36. The Labute approximate surface area is 115 Å². The van der Waals surface area contributed by atoms with Crippen LogP contribution in [0.25, 0.3) is 22.5 Å². The van der Waals surface area contributed by atoms with Gasteiger partial charge in [-0.25, -0.2) is 0 Å². The van der Waals surface area contributed by atoms with Crippen molar-refractivity contribution in [3.63, 3.8) is 0 Å². The van der Waals surface area contributed by atoms with E-state index in [-0.39, 0.29) is 6.79 Å². The van der Waals surface area contributed by atoms with Crippen molar-refractivity contribution < 1.29 is 9.47 Å². The fraction of sp³-hybridized carbons (Fsp3) is 0.0667. The van der Waals surface area contributed by atoms with E-state index in [4.69, 9.17) is 9.47 Å². The third-order valence-electron chi connectivity index (χ3n) is 3.22. The number of hydrogen-bond donors (Lipinski definition) is 1. The summed E-state index contributed by atoms with van der Waals surface area (Å²) in [6.45, 7) is 0.280. The highest BCUT2D eigenvalue weighted by atomic mass is 16.7. The van der Waals surface area contributed by atoms with Crippen molar-refractivity contribution in [3.8, 4) is 34.0 Å². The molecule has 2 aromatic heterocycles. The first kappa shape index (κ1) is 11.0. The number of rotatable bonds is 2. The van der Waals surface area contributed by atoms with E-state index in [1.807, 2.05) is 36.4 Å². The van der Waals surface area contributed by atoms with E-state index in [1.165, 1.54) is 0 Å². The number of aromatic amines is 1. The van der Waals surface area contributed by atoms with Crippen LogP contribution in [0.3, 0.4) is 0 Å². The predicted molar refractivity (Wildman–Crippen MR) is 73.4 cm³/mol. The molecule has 0 atom stereocenters. The Morgan fingerprint density at radius 1 is 1.00 bits per heavy atom. The van der Waals surface area contributed by atoms with Gasteiger partial charge in [0.25, 0.3) is 0 Å². The molecule has 1 N–H and O–H groups in total. The molecule has 0 saturated carbocycles. The molecule has 98 valence electrons. The average molecular weight is 265 g/mol. The second-order valence-electron chi connectivity index (χ2n) is 4.48. The van der Waals surface area contributed by atoms with Crippen LogP contribution in [0.2, 0.25) is 0 Å². The fourth-order valence-electron chi connectivity index (χ4n) is 2.20. The SMILES string of the molecule is c1cncc(-c2cc(-c3ccc4c(c3)OCO4)[nH]n2)c1. The summed E-state index contributed by atoms with van der Waals surface area (Å²) in [6, 6.07) is 11.7. The van der Waals surface area contributed by atoms with Gasteiger partial charge in [-0.3, -0.25) is 10.1 Å². The van der Waals surface area contributed by atoms with Crippen LogP contribution in [-0.4, -0.2) is 22.0 Å². The molecule has 20 heavy (non-hydrogen) atoms. The van der Waals surface area contributed by atoms with Crippen LogP contribution in [-0.2, 0) is 0 Å². The van der Waals surface area contributed by atoms with Crippen molar-refractivity contribution in [2.24, 2.45) is 0 Å². The number of fused-ring (bicyclic) bond motifs is 1. The molecule has 0 spiro atoms. The Morgan fingerprint density at radius 2 is 1.95 bits per heavy atom. The van der Waals surface area contributed by atoms with Crippen LogP contribution < -0.4 is 9.47 Å². The lowest BCUT2D eigenvalue weighted by Crippen LogP contribution is -1.92. The first-order valence-electron chi connectivity index (χ1n) is 6.26. The number of nitrogens with zero attached hydrogens (tertiary/aromatic N) is 2. The molecule has 5 heteroatoms. The molecule has 0 amide bonds. The number of H-pyrrole nitrogens is 1. The van der Waals surface area contributed by atoms with Gasteiger partial charge in [-0.1, -0.05) is 0 Å². The first-order chi connectivity index (χ1) is 9.90. The predicted octanol–water partition coefficient (Wildman–Crippen LogP) is 2.87. The molecule has 0 bridgehead atoms. The van der Waals surface area contributed by atoms with Crippen molar-refractivity contribution in [3.05, 3.63) is 48.8 Å². The lowest BCUT2D eigenvalue weighted by molar-refractivity contribution is 0.174. The van der Waals surface area contributed by atoms with Crippen LogP contribution in [0.15, 0.2) is 48.8 Å². The molecule has 0 radical (unpaired) electrons. The van der Waals surface area contributed by atoms with Gasteiger partial charge in [0, 0.05) is 23.5 Å². The third-order valence-corrected chi connectivity index (χ3v) is 3.22. The van der Waals surface area contributed by atoms with Gasteiger partial charge in [-0.05, 0) is 36.4 Å². The lowest BCUT2D eigenvalue weighted by Gasteiger charge is -1.99. The Kier molecular flexibility index (Phi) is 2.42. The monoisotopic (exact) mass is 265 g/mol. The van der Waals surface area contributed by atoms with Gasteiger partial charge in [0.2, 0.25) is 6.79 Å². The van der Waals surface area contributed by atoms with E-state index >= 15 is 0 Å². The molecule has 0 aliphatic carbocycles. The maximum atomic E-state index is 5.39. The standard InChI is InChI=1S/C15H11N3O2/c1-2-11(8-16-5-1)13-7-12(17-18-13)10-3-4-14-15(6-10)20-9-19-14/h1-8H,9H2,(H,17,18). The topological polar surface area (TPSA) is 60.0 Å². The fourth-order valence-corrected chi connectivity index (χ4v) is 2.20. The molecule has 0 unspecified atom stereocenters. The molecule has 0 fully saturated rings. The van der Waals surface area contributed by atoms with Gasteiger partial charge in [0.1, 0.15) is 0 Å². The highest BCUT2D eigenvalue weighted by Gasteiger charge is 2.15. The van der Waals surface area contributed by atoms with E-state index in [9.17, 15) is 0 Å². The summed E-state index contributed by atoms with van der Waals surface area (Å²) in [7, 11) is 0. The Bertz CT molecular complexity index is 753. The zero-order chi connectivity index (χ0) is 13.4.